The number of hydrogen-bond acceptors (Lipinski definition) is 2. The summed E-state index contributed by atoms with van der Waals surface area (Å²) in [5, 5.41) is 1.06. The topological polar surface area (TPSA) is 38.0 Å². The van der Waals surface area contributed by atoms with Gasteiger partial charge in [0.2, 0.25) is 0 Å². The van der Waals surface area contributed by atoms with E-state index in [9.17, 15) is 4.39 Å². The Morgan fingerprint density at radius 2 is 1.89 bits per heavy atom. The van der Waals surface area contributed by atoms with Crippen molar-refractivity contribution < 1.29 is 4.39 Å². The summed E-state index contributed by atoms with van der Waals surface area (Å²) >= 11 is 12.0. The van der Waals surface area contributed by atoms with Crippen LogP contribution in [0, 0.1) is 12.7 Å². The van der Waals surface area contributed by atoms with Gasteiger partial charge in [0.05, 0.1) is 6.04 Å². The predicted octanol–water partition coefficient (Wildman–Crippen LogP) is 3.99. The molecule has 0 saturated carbocycles. The van der Waals surface area contributed by atoms with Gasteiger partial charge in [-0.15, -0.1) is 0 Å². The minimum Gasteiger partial charge on any atom is -0.271 e. The number of hydrogen-bond donors (Lipinski definition) is 2. The molecule has 1 atom stereocenters. The second kappa shape index (κ2) is 5.88. The zero-order valence-corrected chi connectivity index (χ0v) is 11.8. The molecule has 19 heavy (non-hydrogen) atoms. The number of halogens is 3. The monoisotopic (exact) mass is 298 g/mol. The largest absolute Gasteiger partial charge is 0.271 e. The quantitative estimate of drug-likeness (QED) is 0.664. The van der Waals surface area contributed by atoms with Crippen LogP contribution in [0.1, 0.15) is 22.7 Å². The fraction of sp³-hybridized carbons (Fsp3) is 0.143. The lowest BCUT2D eigenvalue weighted by molar-refractivity contribution is 0.560. The minimum absolute atomic E-state index is 0.371. The van der Waals surface area contributed by atoms with Gasteiger partial charge in [0.15, 0.2) is 0 Å². The van der Waals surface area contributed by atoms with Gasteiger partial charge in [-0.3, -0.25) is 5.84 Å². The summed E-state index contributed by atoms with van der Waals surface area (Å²) in [5.74, 6) is 5.17. The summed E-state index contributed by atoms with van der Waals surface area (Å²) in [7, 11) is 0. The van der Waals surface area contributed by atoms with Crippen LogP contribution in [0.4, 0.5) is 4.39 Å². The number of benzene rings is 2. The van der Waals surface area contributed by atoms with Crippen molar-refractivity contribution in [3.63, 3.8) is 0 Å². The molecule has 0 spiro atoms. The summed E-state index contributed by atoms with van der Waals surface area (Å²) in [4.78, 5) is 0. The fourth-order valence-corrected chi connectivity index (χ4v) is 2.26. The van der Waals surface area contributed by atoms with Gasteiger partial charge in [-0.1, -0.05) is 35.3 Å². The maximum atomic E-state index is 13.9. The Balaban J connectivity index is 2.49. The van der Waals surface area contributed by atoms with E-state index in [0.29, 0.717) is 15.6 Å². The SMILES string of the molecule is Cc1ccc(C(NN)c2cc(Cl)ccc2F)cc1Cl. The number of nitrogens with two attached hydrogens (primary N) is 1. The summed E-state index contributed by atoms with van der Waals surface area (Å²) in [5.41, 5.74) is 4.70. The molecule has 0 saturated heterocycles. The Hall–Kier alpha value is -1.13. The maximum absolute atomic E-state index is 13.9. The highest BCUT2D eigenvalue weighted by Crippen LogP contribution is 2.28. The second-order valence-electron chi connectivity index (χ2n) is 4.27. The molecule has 0 aliphatic heterocycles. The van der Waals surface area contributed by atoms with Crippen molar-refractivity contribution >= 4 is 23.2 Å². The molecule has 0 fully saturated rings. The third kappa shape index (κ3) is 3.07. The van der Waals surface area contributed by atoms with Crippen LogP contribution in [0.15, 0.2) is 36.4 Å². The van der Waals surface area contributed by atoms with Gasteiger partial charge in [0.1, 0.15) is 5.82 Å². The second-order valence-corrected chi connectivity index (χ2v) is 5.12. The molecule has 2 rings (SSSR count). The Labute approximate surface area is 121 Å². The van der Waals surface area contributed by atoms with E-state index in [2.05, 4.69) is 5.43 Å². The smallest absolute Gasteiger partial charge is 0.128 e. The number of rotatable bonds is 3. The van der Waals surface area contributed by atoms with Crippen molar-refractivity contribution in [2.24, 2.45) is 5.84 Å². The molecule has 0 heterocycles. The van der Waals surface area contributed by atoms with Crippen molar-refractivity contribution in [1.29, 1.82) is 0 Å². The zero-order chi connectivity index (χ0) is 14.0. The molecule has 0 radical (unpaired) electrons. The van der Waals surface area contributed by atoms with Crippen LogP contribution >= 0.6 is 23.2 Å². The van der Waals surface area contributed by atoms with Gasteiger partial charge in [0.25, 0.3) is 0 Å². The van der Waals surface area contributed by atoms with Crippen LogP contribution in [0.25, 0.3) is 0 Å². The van der Waals surface area contributed by atoms with Crippen LogP contribution in [-0.2, 0) is 0 Å². The van der Waals surface area contributed by atoms with E-state index in [0.717, 1.165) is 11.1 Å². The molecule has 1 unspecified atom stereocenters. The summed E-state index contributed by atoms with van der Waals surface area (Å²) in [6, 6.07) is 9.35. The van der Waals surface area contributed by atoms with Crippen molar-refractivity contribution in [3.05, 3.63) is 69.0 Å². The molecule has 2 nitrogen and oxygen atoms in total. The normalized spacial score (nSPS) is 12.5. The van der Waals surface area contributed by atoms with Gasteiger partial charge in [0, 0.05) is 15.6 Å². The standard InChI is InChI=1S/C14H13Cl2FN2/c1-8-2-3-9(6-12(8)16)14(19-18)11-7-10(15)4-5-13(11)17/h2-7,14,19H,18H2,1H3. The third-order valence-corrected chi connectivity index (χ3v) is 3.61. The molecule has 5 heteroatoms. The lowest BCUT2D eigenvalue weighted by atomic mass is 9.98. The first-order chi connectivity index (χ1) is 9.02. The Morgan fingerprint density at radius 1 is 1.16 bits per heavy atom. The van der Waals surface area contributed by atoms with E-state index >= 15 is 0 Å². The highest BCUT2D eigenvalue weighted by Gasteiger charge is 2.17. The van der Waals surface area contributed by atoms with Crippen LogP contribution in [0.2, 0.25) is 10.0 Å². The first kappa shape index (κ1) is 14.3. The molecular weight excluding hydrogens is 286 g/mol. The number of hydrazine groups is 1. The van der Waals surface area contributed by atoms with Gasteiger partial charge in [-0.25, -0.2) is 9.82 Å². The average Bonchev–Trinajstić information content (AvgIpc) is 2.38. The van der Waals surface area contributed by atoms with Crippen molar-refractivity contribution in [3.8, 4) is 0 Å². The number of nitrogens with one attached hydrogen (secondary N) is 1. The molecule has 0 amide bonds. The molecular formula is C14H13Cl2FN2. The highest BCUT2D eigenvalue weighted by atomic mass is 35.5. The first-order valence-electron chi connectivity index (χ1n) is 5.70. The molecule has 0 aliphatic carbocycles. The molecule has 2 aromatic carbocycles. The van der Waals surface area contributed by atoms with E-state index in [1.54, 1.807) is 12.1 Å². The molecule has 100 valence electrons. The van der Waals surface area contributed by atoms with E-state index in [1.165, 1.54) is 12.1 Å². The Bertz CT molecular complexity index is 602. The lowest BCUT2D eigenvalue weighted by Crippen LogP contribution is -2.29. The van der Waals surface area contributed by atoms with Crippen LogP contribution in [-0.4, -0.2) is 0 Å². The minimum atomic E-state index is -0.503. The fourth-order valence-electron chi connectivity index (χ4n) is 1.89. The van der Waals surface area contributed by atoms with Crippen LogP contribution in [0.5, 0.6) is 0 Å². The van der Waals surface area contributed by atoms with Crippen molar-refractivity contribution in [2.75, 3.05) is 0 Å². The third-order valence-electron chi connectivity index (χ3n) is 2.96. The van der Waals surface area contributed by atoms with E-state index < -0.39 is 6.04 Å². The molecule has 2 aromatic rings. The van der Waals surface area contributed by atoms with Gasteiger partial charge < -0.3 is 0 Å². The Kier molecular flexibility index (Phi) is 4.42. The maximum Gasteiger partial charge on any atom is 0.128 e. The number of aryl methyl sites for hydroxylation is 1. The van der Waals surface area contributed by atoms with E-state index in [4.69, 9.17) is 29.0 Å². The van der Waals surface area contributed by atoms with Crippen LogP contribution < -0.4 is 11.3 Å². The average molecular weight is 299 g/mol. The van der Waals surface area contributed by atoms with E-state index in [-0.39, 0.29) is 5.82 Å². The predicted molar refractivity (Wildman–Crippen MR) is 76.8 cm³/mol. The summed E-state index contributed by atoms with van der Waals surface area (Å²) in [6.07, 6.45) is 0. The van der Waals surface area contributed by atoms with Gasteiger partial charge in [-0.2, -0.15) is 0 Å². The zero-order valence-electron chi connectivity index (χ0n) is 10.3. The molecule has 0 aliphatic rings. The molecule has 3 N–H and O–H groups in total. The first-order valence-corrected chi connectivity index (χ1v) is 6.45. The van der Waals surface area contributed by atoms with Crippen molar-refractivity contribution in [1.82, 2.24) is 5.43 Å². The van der Waals surface area contributed by atoms with Gasteiger partial charge in [-0.05, 0) is 42.3 Å². The van der Waals surface area contributed by atoms with E-state index in [1.807, 2.05) is 19.1 Å². The molecule has 0 aromatic heterocycles. The lowest BCUT2D eigenvalue weighted by Gasteiger charge is -2.18. The molecule has 0 bridgehead atoms. The Morgan fingerprint density at radius 3 is 2.53 bits per heavy atom. The highest BCUT2D eigenvalue weighted by molar-refractivity contribution is 6.31. The summed E-state index contributed by atoms with van der Waals surface area (Å²) < 4.78 is 13.9. The summed E-state index contributed by atoms with van der Waals surface area (Å²) in [6.45, 7) is 1.90. The van der Waals surface area contributed by atoms with Crippen LogP contribution in [0.3, 0.4) is 0 Å². The van der Waals surface area contributed by atoms with Crippen molar-refractivity contribution in [2.45, 2.75) is 13.0 Å². The van der Waals surface area contributed by atoms with Gasteiger partial charge >= 0.3 is 0 Å².